The van der Waals surface area contributed by atoms with Gasteiger partial charge in [-0.15, -0.1) is 0 Å². The van der Waals surface area contributed by atoms with Crippen molar-refractivity contribution in [1.29, 1.82) is 0 Å². The van der Waals surface area contributed by atoms with Gasteiger partial charge in [-0.25, -0.2) is 8.42 Å². The van der Waals surface area contributed by atoms with E-state index in [1.165, 1.54) is 0 Å². The van der Waals surface area contributed by atoms with Gasteiger partial charge in [0.25, 0.3) is 0 Å². The Labute approximate surface area is 118 Å². The summed E-state index contributed by atoms with van der Waals surface area (Å²) < 4.78 is 56.7. The molecule has 1 fully saturated rings. The molecule has 1 saturated heterocycles. The first-order valence-electron chi connectivity index (χ1n) is 5.64. The lowest BCUT2D eigenvalue weighted by atomic mass is 10.4. The average molecular weight is 330 g/mol. The molecule has 0 bridgehead atoms. The molecular weight excluding hydrogens is 312 g/mol. The van der Waals surface area contributed by atoms with Gasteiger partial charge in [0.15, 0.2) is 15.8 Å². The largest absolute Gasteiger partial charge is 0.759 e. The molecule has 0 radical (unpaired) electrons. The highest BCUT2D eigenvalue weighted by Gasteiger charge is 2.18. The van der Waals surface area contributed by atoms with Crippen LogP contribution in [0.2, 0.25) is 0 Å². The van der Waals surface area contributed by atoms with E-state index in [-0.39, 0.29) is 11.7 Å². The van der Waals surface area contributed by atoms with Crippen molar-refractivity contribution in [3.05, 3.63) is 0 Å². The van der Waals surface area contributed by atoms with Crippen LogP contribution in [0.5, 0.6) is 0 Å². The molecule has 0 amide bonds. The first kappa shape index (κ1) is 19.1. The summed E-state index contributed by atoms with van der Waals surface area (Å²) in [5.41, 5.74) is 10.4. The molecule has 20 heavy (non-hydrogen) atoms. The molecule has 4 N–H and O–H groups in total. The van der Waals surface area contributed by atoms with Gasteiger partial charge >= 0.3 is 0 Å². The minimum absolute atomic E-state index is 0.0810. The van der Waals surface area contributed by atoms with Crippen LogP contribution < -0.4 is 11.5 Å². The Morgan fingerprint density at radius 2 is 1.75 bits per heavy atom. The van der Waals surface area contributed by atoms with Gasteiger partial charge in [-0.3, -0.25) is 13.4 Å². The molecule has 1 aliphatic rings. The Morgan fingerprint density at radius 1 is 1.20 bits per heavy atom. The summed E-state index contributed by atoms with van der Waals surface area (Å²) in [6, 6.07) is 0. The molecule has 0 spiro atoms. The van der Waals surface area contributed by atoms with Crippen LogP contribution in [-0.2, 0) is 20.2 Å². The molecule has 0 unspecified atom stereocenters. The Kier molecular flexibility index (Phi) is 7.96. The van der Waals surface area contributed by atoms with Crippen molar-refractivity contribution in [2.24, 2.45) is 16.5 Å². The summed E-state index contributed by atoms with van der Waals surface area (Å²) in [6.45, 7) is 2.64. The van der Waals surface area contributed by atoms with Crippen molar-refractivity contribution in [2.45, 2.75) is 6.42 Å². The zero-order valence-electron chi connectivity index (χ0n) is 10.8. The second-order valence-corrected chi connectivity index (χ2v) is 7.18. The Morgan fingerprint density at radius 3 is 2.25 bits per heavy atom. The summed E-state index contributed by atoms with van der Waals surface area (Å²) in [7, 11) is -7.99. The van der Waals surface area contributed by atoms with Gasteiger partial charge in [0, 0.05) is 23.5 Å². The third kappa shape index (κ3) is 13.5. The number of sulfone groups is 1. The number of nitrogens with two attached hydrogens (primary N) is 2. The average Bonchev–Trinajstić information content (AvgIpc) is 2.37. The highest BCUT2D eigenvalue weighted by atomic mass is 32.3. The lowest BCUT2D eigenvalue weighted by molar-refractivity contribution is 0.304. The van der Waals surface area contributed by atoms with Crippen LogP contribution in [0.3, 0.4) is 0 Å². The van der Waals surface area contributed by atoms with Crippen LogP contribution >= 0.6 is 0 Å². The Hall–Kier alpha value is -0.950. The summed E-state index contributed by atoms with van der Waals surface area (Å²) in [4.78, 5) is 5.95. The maximum atomic E-state index is 11.3. The standard InChI is InChI=1S/C8H18N4O2S.H2O4S/c9-8(10)11-2-4-12-3-1-6-15(13,14)7-5-12;1-5(2,3)4/h1-7H2,(H4,9,10,11);(H2,1,2,3,4)/p-2. The van der Waals surface area contributed by atoms with Crippen molar-refractivity contribution in [1.82, 2.24) is 4.90 Å². The molecule has 12 heteroatoms. The second kappa shape index (κ2) is 8.36. The van der Waals surface area contributed by atoms with Crippen molar-refractivity contribution in [3.63, 3.8) is 0 Å². The van der Waals surface area contributed by atoms with E-state index >= 15 is 0 Å². The molecular formula is C8H18N4O6S2-2. The van der Waals surface area contributed by atoms with Crippen LogP contribution in [0.4, 0.5) is 0 Å². The van der Waals surface area contributed by atoms with E-state index in [0.29, 0.717) is 31.8 Å². The van der Waals surface area contributed by atoms with Crippen LogP contribution in [-0.4, -0.2) is 74.5 Å². The molecule has 1 aliphatic heterocycles. The van der Waals surface area contributed by atoms with E-state index in [2.05, 4.69) is 9.89 Å². The molecule has 120 valence electrons. The first-order valence-corrected chi connectivity index (χ1v) is 8.80. The maximum absolute atomic E-state index is 11.3. The molecule has 0 aromatic rings. The van der Waals surface area contributed by atoms with Crippen molar-refractivity contribution in [3.8, 4) is 0 Å². The van der Waals surface area contributed by atoms with Crippen LogP contribution in [0.25, 0.3) is 0 Å². The molecule has 0 saturated carbocycles. The molecule has 1 heterocycles. The SMILES string of the molecule is NC(N)=NCCN1CCCS(=O)(=O)CC1.O=S(=O)([O-])[O-]. The van der Waals surface area contributed by atoms with Crippen molar-refractivity contribution >= 4 is 26.2 Å². The van der Waals surface area contributed by atoms with Gasteiger partial charge < -0.3 is 25.5 Å². The van der Waals surface area contributed by atoms with Crippen molar-refractivity contribution < 1.29 is 25.9 Å². The molecule has 0 aromatic carbocycles. The van der Waals surface area contributed by atoms with Gasteiger partial charge in [-0.2, -0.15) is 0 Å². The fourth-order valence-electron chi connectivity index (χ4n) is 1.53. The van der Waals surface area contributed by atoms with Crippen molar-refractivity contribution in [2.75, 3.05) is 37.7 Å². The third-order valence-electron chi connectivity index (χ3n) is 2.36. The topological polar surface area (TPSA) is 182 Å². The highest BCUT2D eigenvalue weighted by Crippen LogP contribution is 2.04. The summed E-state index contributed by atoms with van der Waals surface area (Å²) in [5, 5.41) is 0. The number of rotatable bonds is 3. The number of guanidine groups is 1. The number of hydrogen-bond acceptors (Lipinski definition) is 8. The van der Waals surface area contributed by atoms with Gasteiger partial charge in [0.05, 0.1) is 18.1 Å². The van der Waals surface area contributed by atoms with E-state index in [4.69, 9.17) is 29.0 Å². The van der Waals surface area contributed by atoms with Crippen LogP contribution in [0.15, 0.2) is 4.99 Å². The van der Waals surface area contributed by atoms with E-state index in [0.717, 1.165) is 6.54 Å². The zero-order chi connectivity index (χ0) is 15.8. The zero-order valence-corrected chi connectivity index (χ0v) is 12.4. The minimum Gasteiger partial charge on any atom is -0.759 e. The summed E-state index contributed by atoms with van der Waals surface area (Å²) >= 11 is 0. The molecule has 1 rings (SSSR count). The Balaban J connectivity index is 0.000000621. The predicted octanol–water partition coefficient (Wildman–Crippen LogP) is -2.96. The van der Waals surface area contributed by atoms with Gasteiger partial charge in [-0.1, -0.05) is 0 Å². The molecule has 0 aliphatic carbocycles. The fourth-order valence-corrected chi connectivity index (χ4v) is 2.84. The van der Waals surface area contributed by atoms with E-state index in [1.807, 2.05) is 0 Å². The van der Waals surface area contributed by atoms with Gasteiger partial charge in [-0.05, 0) is 13.0 Å². The lowest BCUT2D eigenvalue weighted by Crippen LogP contribution is -2.31. The van der Waals surface area contributed by atoms with Crippen LogP contribution in [0.1, 0.15) is 6.42 Å². The first-order chi connectivity index (χ1) is 8.99. The molecule has 0 aromatic heterocycles. The quantitative estimate of drug-likeness (QED) is 0.236. The maximum Gasteiger partial charge on any atom is 0.185 e. The number of nitrogens with zero attached hydrogens (tertiary/aromatic N) is 2. The number of aliphatic imine (C=N–C) groups is 1. The summed E-state index contributed by atoms with van der Waals surface area (Å²) in [5.74, 6) is 0.623. The lowest BCUT2D eigenvalue weighted by Gasteiger charge is -2.17. The monoisotopic (exact) mass is 330 g/mol. The third-order valence-corrected chi connectivity index (χ3v) is 4.07. The van der Waals surface area contributed by atoms with Crippen LogP contribution in [0, 0.1) is 0 Å². The minimum atomic E-state index is -5.17. The predicted molar refractivity (Wildman–Crippen MR) is 70.9 cm³/mol. The molecule has 10 nitrogen and oxygen atoms in total. The van der Waals surface area contributed by atoms with E-state index in [9.17, 15) is 8.42 Å². The second-order valence-electron chi connectivity index (χ2n) is 4.06. The van der Waals surface area contributed by atoms with Gasteiger partial charge in [0.2, 0.25) is 0 Å². The smallest absolute Gasteiger partial charge is 0.185 e. The number of hydrogen-bond donors (Lipinski definition) is 2. The summed E-state index contributed by atoms with van der Waals surface area (Å²) in [6.07, 6.45) is 0.699. The fraction of sp³-hybridized carbons (Fsp3) is 0.875. The van der Waals surface area contributed by atoms with Gasteiger partial charge in [0.1, 0.15) is 0 Å². The van der Waals surface area contributed by atoms with E-state index < -0.39 is 20.2 Å². The normalized spacial score (nSPS) is 19.3. The Bertz CT molecular complexity index is 503. The van der Waals surface area contributed by atoms with E-state index in [1.54, 1.807) is 0 Å². The molecule has 0 atom stereocenters. The highest BCUT2D eigenvalue weighted by molar-refractivity contribution is 7.91.